The molecular formula is C19H21N3O5S2. The van der Waals surface area contributed by atoms with E-state index in [1.54, 1.807) is 30.3 Å². The number of aromatic nitrogens is 1. The molecule has 0 aliphatic carbocycles. The lowest BCUT2D eigenvalue weighted by Gasteiger charge is -2.18. The lowest BCUT2D eigenvalue weighted by Crippen LogP contribution is -2.32. The van der Waals surface area contributed by atoms with E-state index < -0.39 is 21.9 Å². The molecule has 4 rings (SSSR count). The molecule has 0 spiro atoms. The van der Waals surface area contributed by atoms with Crippen LogP contribution in [0.3, 0.4) is 0 Å². The zero-order valence-electron chi connectivity index (χ0n) is 15.5. The third-order valence-corrected chi connectivity index (χ3v) is 7.77. The minimum absolute atomic E-state index is 0.0906. The van der Waals surface area contributed by atoms with Crippen LogP contribution in [0.2, 0.25) is 0 Å². The molecule has 3 N–H and O–H groups in total. The highest BCUT2D eigenvalue weighted by molar-refractivity contribution is 7.89. The molecule has 1 aromatic carbocycles. The van der Waals surface area contributed by atoms with Crippen LogP contribution >= 0.6 is 11.3 Å². The van der Waals surface area contributed by atoms with E-state index in [2.05, 4.69) is 0 Å². The van der Waals surface area contributed by atoms with Crippen LogP contribution in [0.5, 0.6) is 0 Å². The average molecular weight is 436 g/mol. The zero-order chi connectivity index (χ0) is 20.6. The van der Waals surface area contributed by atoms with Crippen LogP contribution in [0, 0.1) is 0 Å². The maximum atomic E-state index is 13.0. The van der Waals surface area contributed by atoms with Crippen LogP contribution in [-0.4, -0.2) is 41.5 Å². The van der Waals surface area contributed by atoms with Crippen LogP contribution < -0.4 is 11.3 Å². The molecule has 0 saturated carbocycles. The van der Waals surface area contributed by atoms with E-state index >= 15 is 0 Å². The Labute approximate surface area is 171 Å². The van der Waals surface area contributed by atoms with Gasteiger partial charge >= 0.3 is 0 Å². The Morgan fingerprint density at radius 2 is 2.07 bits per heavy atom. The molecule has 29 heavy (non-hydrogen) atoms. The predicted molar refractivity (Wildman–Crippen MR) is 110 cm³/mol. The number of nitrogens with zero attached hydrogens (tertiary/aromatic N) is 2. The molecule has 0 amide bonds. The third-order valence-electron chi connectivity index (χ3n) is 4.94. The topological polar surface area (TPSA) is 115 Å². The minimum Gasteiger partial charge on any atom is -0.364 e. The molecule has 10 heteroatoms. The van der Waals surface area contributed by atoms with Gasteiger partial charge in [-0.1, -0.05) is 12.1 Å². The molecular weight excluding hydrogens is 414 g/mol. The Balaban J connectivity index is 1.65. The van der Waals surface area contributed by atoms with Crippen LogP contribution in [0.4, 0.5) is 0 Å². The fraction of sp³-hybridized carbons (Fsp3) is 0.316. The van der Waals surface area contributed by atoms with Gasteiger partial charge in [0.2, 0.25) is 10.0 Å². The van der Waals surface area contributed by atoms with Gasteiger partial charge in [0, 0.05) is 36.1 Å². The first-order valence-corrected chi connectivity index (χ1v) is 11.4. The number of sulfonamides is 1. The molecule has 1 saturated heterocycles. The molecule has 1 unspecified atom stereocenters. The molecule has 2 atom stereocenters. The summed E-state index contributed by atoms with van der Waals surface area (Å²) in [6.45, 7) is 0.474. The molecule has 0 radical (unpaired) electrons. The standard InChI is InChI=1S/C19H21N3O5S2/c20-13-6-9-22(11-13)29(25,26)17-5-1-3-15-14(17)7-8-21(18(15)23)12-27-19(24)16-4-2-10-28-16/h1-5,7-8,10,13,19,24H,6,9,11-12,20H2/t13-,19?/m1/s1. The number of hydrogen-bond donors (Lipinski definition) is 2. The van der Waals surface area contributed by atoms with E-state index in [0.29, 0.717) is 23.2 Å². The van der Waals surface area contributed by atoms with Gasteiger partial charge in [-0.05, 0) is 36.1 Å². The van der Waals surface area contributed by atoms with Gasteiger partial charge in [-0.25, -0.2) is 8.42 Å². The first-order valence-electron chi connectivity index (χ1n) is 9.09. The summed E-state index contributed by atoms with van der Waals surface area (Å²) in [7, 11) is -3.75. The van der Waals surface area contributed by atoms with Gasteiger partial charge in [0.25, 0.3) is 5.56 Å². The third kappa shape index (κ3) is 3.87. The van der Waals surface area contributed by atoms with Crippen LogP contribution in [0.15, 0.2) is 57.7 Å². The minimum atomic E-state index is -3.75. The highest BCUT2D eigenvalue weighted by atomic mass is 32.2. The number of thiophene rings is 1. The summed E-state index contributed by atoms with van der Waals surface area (Å²) in [6, 6.07) is 9.58. The number of rotatable bonds is 6. The van der Waals surface area contributed by atoms with Gasteiger partial charge in [0.05, 0.1) is 9.77 Å². The van der Waals surface area contributed by atoms with Crippen molar-refractivity contribution >= 4 is 32.1 Å². The smallest absolute Gasteiger partial charge is 0.260 e. The fourth-order valence-corrected chi connectivity index (χ4v) is 5.77. The number of hydrogen-bond acceptors (Lipinski definition) is 7. The highest BCUT2D eigenvalue weighted by Gasteiger charge is 2.32. The second-order valence-electron chi connectivity index (χ2n) is 6.88. The Kier molecular flexibility index (Phi) is 5.56. The highest BCUT2D eigenvalue weighted by Crippen LogP contribution is 2.26. The number of aliphatic hydroxyl groups is 1. The van der Waals surface area contributed by atoms with Gasteiger partial charge < -0.3 is 15.6 Å². The molecule has 3 heterocycles. The van der Waals surface area contributed by atoms with Crippen molar-refractivity contribution in [3.8, 4) is 0 Å². The van der Waals surface area contributed by atoms with E-state index in [4.69, 9.17) is 10.5 Å². The first-order chi connectivity index (χ1) is 13.9. The van der Waals surface area contributed by atoms with Crippen molar-refractivity contribution in [1.82, 2.24) is 8.87 Å². The van der Waals surface area contributed by atoms with E-state index in [0.717, 1.165) is 0 Å². The summed E-state index contributed by atoms with van der Waals surface area (Å²) in [5.41, 5.74) is 5.46. The number of nitrogens with two attached hydrogens (primary N) is 1. The van der Waals surface area contributed by atoms with Crippen LogP contribution in [-0.2, 0) is 21.5 Å². The summed E-state index contributed by atoms with van der Waals surface area (Å²) in [4.78, 5) is 13.6. The largest absolute Gasteiger partial charge is 0.364 e. The number of fused-ring (bicyclic) bond motifs is 1. The quantitative estimate of drug-likeness (QED) is 0.567. The first kappa shape index (κ1) is 20.2. The van der Waals surface area contributed by atoms with E-state index in [1.165, 1.54) is 32.5 Å². The van der Waals surface area contributed by atoms with E-state index in [9.17, 15) is 18.3 Å². The molecule has 154 valence electrons. The van der Waals surface area contributed by atoms with Crippen molar-refractivity contribution in [2.75, 3.05) is 13.1 Å². The monoisotopic (exact) mass is 435 g/mol. The zero-order valence-corrected chi connectivity index (χ0v) is 17.1. The molecule has 3 aromatic rings. The maximum Gasteiger partial charge on any atom is 0.260 e. The van der Waals surface area contributed by atoms with Gasteiger partial charge in [-0.15, -0.1) is 11.3 Å². The lowest BCUT2D eigenvalue weighted by atomic mass is 10.2. The Hall–Kier alpha value is -2.08. The molecule has 0 bridgehead atoms. The number of aliphatic hydroxyl groups excluding tert-OH is 1. The van der Waals surface area contributed by atoms with Crippen molar-refractivity contribution in [3.63, 3.8) is 0 Å². The predicted octanol–water partition coefficient (Wildman–Crippen LogP) is 1.45. The van der Waals surface area contributed by atoms with Gasteiger partial charge in [-0.2, -0.15) is 4.31 Å². The van der Waals surface area contributed by atoms with E-state index in [-0.39, 0.29) is 29.6 Å². The van der Waals surface area contributed by atoms with Crippen molar-refractivity contribution in [3.05, 3.63) is 63.2 Å². The summed E-state index contributed by atoms with van der Waals surface area (Å²) in [5.74, 6) is 0. The molecule has 1 fully saturated rings. The van der Waals surface area contributed by atoms with Crippen molar-refractivity contribution < 1.29 is 18.3 Å². The molecule has 8 nitrogen and oxygen atoms in total. The summed E-state index contributed by atoms with van der Waals surface area (Å²) in [6.07, 6.45) is 0.949. The molecule has 1 aliphatic heterocycles. The molecule has 1 aliphatic rings. The number of pyridine rings is 1. The summed E-state index contributed by atoms with van der Waals surface area (Å²) >= 11 is 1.35. The van der Waals surface area contributed by atoms with Gasteiger partial charge in [0.15, 0.2) is 6.29 Å². The normalized spacial score (nSPS) is 19.0. The second kappa shape index (κ2) is 7.98. The maximum absolute atomic E-state index is 13.0. The lowest BCUT2D eigenvalue weighted by molar-refractivity contribution is -0.127. The SMILES string of the molecule is N[C@@H]1CCN(S(=O)(=O)c2cccc3c(=O)n(COC(O)c4cccs4)ccc23)C1. The van der Waals surface area contributed by atoms with Crippen LogP contribution in [0.1, 0.15) is 17.6 Å². The molecule has 2 aromatic heterocycles. The summed E-state index contributed by atoms with van der Waals surface area (Å²) in [5, 5.41) is 12.5. The van der Waals surface area contributed by atoms with E-state index in [1.807, 2.05) is 5.38 Å². The van der Waals surface area contributed by atoms with Crippen molar-refractivity contribution in [2.45, 2.75) is 30.4 Å². The number of benzene rings is 1. The number of ether oxygens (including phenoxy) is 1. The van der Waals surface area contributed by atoms with Gasteiger partial charge in [0.1, 0.15) is 6.73 Å². The van der Waals surface area contributed by atoms with Crippen LogP contribution in [0.25, 0.3) is 10.8 Å². The second-order valence-corrected chi connectivity index (χ2v) is 9.77. The fourth-order valence-electron chi connectivity index (χ4n) is 3.39. The Morgan fingerprint density at radius 3 is 2.76 bits per heavy atom. The van der Waals surface area contributed by atoms with Gasteiger partial charge in [-0.3, -0.25) is 9.36 Å². The summed E-state index contributed by atoms with van der Waals surface area (Å²) < 4.78 is 34.1. The van der Waals surface area contributed by atoms with Crippen molar-refractivity contribution in [2.24, 2.45) is 5.73 Å². The Bertz CT molecular complexity index is 1170. The Morgan fingerprint density at radius 1 is 1.24 bits per heavy atom. The average Bonchev–Trinajstić information content (AvgIpc) is 3.39. The van der Waals surface area contributed by atoms with Crippen molar-refractivity contribution in [1.29, 1.82) is 0 Å².